The molecular weight excluding hydrogens is 290 g/mol. The van der Waals surface area contributed by atoms with Crippen molar-refractivity contribution in [3.8, 4) is 0 Å². The summed E-state index contributed by atoms with van der Waals surface area (Å²) in [7, 11) is 1.75. The first-order valence-electron chi connectivity index (χ1n) is 7.11. The number of aliphatic imine (C=N–C) groups is 1. The van der Waals surface area contributed by atoms with Crippen molar-refractivity contribution >= 4 is 29.7 Å². The Morgan fingerprint density at radius 1 is 1.48 bits per heavy atom. The molecule has 2 aliphatic heterocycles. The maximum Gasteiger partial charge on any atom is 0.324 e. The molecule has 0 atom stereocenters. The fourth-order valence-electron chi connectivity index (χ4n) is 2.49. The van der Waals surface area contributed by atoms with Crippen LogP contribution in [-0.4, -0.2) is 78.0 Å². The zero-order chi connectivity index (χ0) is 15.5. The van der Waals surface area contributed by atoms with Crippen molar-refractivity contribution in [1.82, 2.24) is 20.4 Å². The summed E-state index contributed by atoms with van der Waals surface area (Å²) in [6.45, 7) is 7.31. The van der Waals surface area contributed by atoms with Crippen LogP contribution < -0.4 is 10.6 Å². The van der Waals surface area contributed by atoms with Crippen molar-refractivity contribution in [2.24, 2.45) is 4.99 Å². The van der Waals surface area contributed by atoms with Crippen LogP contribution in [0.5, 0.6) is 0 Å². The number of hydrogen-bond acceptors (Lipinski definition) is 4. The first-order valence-corrected chi connectivity index (χ1v) is 8.09. The molecule has 118 valence electrons. The van der Waals surface area contributed by atoms with Gasteiger partial charge >= 0.3 is 6.03 Å². The van der Waals surface area contributed by atoms with Gasteiger partial charge in [0.1, 0.15) is 0 Å². The molecule has 2 fully saturated rings. The number of nitrogens with one attached hydrogen (secondary N) is 2. The van der Waals surface area contributed by atoms with E-state index in [4.69, 9.17) is 0 Å². The molecule has 2 N–H and O–H groups in total. The number of thioether (sulfide) groups is 1. The van der Waals surface area contributed by atoms with Crippen LogP contribution in [0, 0.1) is 0 Å². The molecule has 0 aromatic carbocycles. The minimum absolute atomic E-state index is 0.102. The topological polar surface area (TPSA) is 77.0 Å². The van der Waals surface area contributed by atoms with Gasteiger partial charge in [0.2, 0.25) is 5.91 Å². The lowest BCUT2D eigenvalue weighted by molar-refractivity contribution is -0.124. The zero-order valence-corrected chi connectivity index (χ0v) is 13.6. The fourth-order valence-corrected chi connectivity index (χ4v) is 3.60. The first-order chi connectivity index (χ1) is 9.93. The van der Waals surface area contributed by atoms with E-state index in [0.29, 0.717) is 13.1 Å². The molecule has 0 radical (unpaired) electrons. The van der Waals surface area contributed by atoms with Crippen molar-refractivity contribution in [2.45, 2.75) is 18.6 Å². The van der Waals surface area contributed by atoms with Crippen molar-refractivity contribution in [1.29, 1.82) is 0 Å². The Hall–Kier alpha value is -1.44. The normalized spacial score (nSPS) is 22.5. The lowest BCUT2D eigenvalue weighted by Gasteiger charge is -2.39. The highest BCUT2D eigenvalue weighted by Crippen LogP contribution is 2.29. The van der Waals surface area contributed by atoms with Crippen LogP contribution in [0.25, 0.3) is 0 Å². The van der Waals surface area contributed by atoms with Crippen LogP contribution >= 0.6 is 11.8 Å². The highest BCUT2D eigenvalue weighted by atomic mass is 32.2. The van der Waals surface area contributed by atoms with Gasteiger partial charge in [-0.05, 0) is 13.8 Å². The van der Waals surface area contributed by atoms with E-state index in [0.717, 1.165) is 24.8 Å². The molecule has 7 nitrogen and oxygen atoms in total. The molecule has 0 aromatic heterocycles. The quantitative estimate of drug-likeness (QED) is 0.434. The Morgan fingerprint density at radius 2 is 2.24 bits per heavy atom. The van der Waals surface area contributed by atoms with E-state index in [2.05, 4.69) is 34.4 Å². The van der Waals surface area contributed by atoms with Gasteiger partial charge in [0.15, 0.2) is 5.96 Å². The van der Waals surface area contributed by atoms with E-state index in [1.807, 2.05) is 11.8 Å². The molecule has 2 saturated heterocycles. The number of urea groups is 1. The summed E-state index contributed by atoms with van der Waals surface area (Å²) in [5, 5.41) is 5.75. The fraction of sp³-hybridized carbons (Fsp3) is 0.769. The number of nitrogens with zero attached hydrogens (tertiary/aromatic N) is 3. The van der Waals surface area contributed by atoms with E-state index in [1.165, 1.54) is 4.90 Å². The summed E-state index contributed by atoms with van der Waals surface area (Å²) in [5.41, 5.74) is 0. The highest BCUT2D eigenvalue weighted by molar-refractivity contribution is 8.00. The number of carbonyl (C=O) groups is 2. The summed E-state index contributed by atoms with van der Waals surface area (Å²) in [5.74, 6) is 1.73. The Morgan fingerprint density at radius 3 is 2.81 bits per heavy atom. The zero-order valence-electron chi connectivity index (χ0n) is 12.8. The number of amides is 3. The molecule has 0 saturated carbocycles. The van der Waals surface area contributed by atoms with Gasteiger partial charge in [0.05, 0.1) is 6.54 Å². The van der Waals surface area contributed by atoms with E-state index >= 15 is 0 Å². The average molecular weight is 313 g/mol. The minimum atomic E-state index is -0.313. The van der Waals surface area contributed by atoms with E-state index in [9.17, 15) is 9.59 Å². The third-order valence-electron chi connectivity index (χ3n) is 3.49. The van der Waals surface area contributed by atoms with E-state index in [-0.39, 0.29) is 23.2 Å². The number of hydrogen-bond donors (Lipinski definition) is 2. The third-order valence-corrected chi connectivity index (χ3v) is 4.79. The van der Waals surface area contributed by atoms with Crippen molar-refractivity contribution in [3.05, 3.63) is 0 Å². The number of imide groups is 1. The second-order valence-corrected chi connectivity index (χ2v) is 7.51. The molecule has 8 heteroatoms. The predicted molar refractivity (Wildman–Crippen MR) is 84.6 cm³/mol. The van der Waals surface area contributed by atoms with Crippen LogP contribution in [0.3, 0.4) is 0 Å². The highest BCUT2D eigenvalue weighted by Gasteiger charge is 2.30. The minimum Gasteiger partial charge on any atom is -0.354 e. The van der Waals surface area contributed by atoms with Crippen LogP contribution in [0.4, 0.5) is 4.79 Å². The first kappa shape index (κ1) is 15.9. The summed E-state index contributed by atoms with van der Waals surface area (Å²) < 4.78 is 0.209. The summed E-state index contributed by atoms with van der Waals surface area (Å²) in [6.07, 6.45) is 0. The molecule has 2 rings (SSSR count). The molecule has 2 heterocycles. The summed E-state index contributed by atoms with van der Waals surface area (Å²) in [6, 6.07) is -0.313. The lowest BCUT2D eigenvalue weighted by Crippen LogP contribution is -2.52. The predicted octanol–water partition coefficient (Wildman–Crippen LogP) is -0.0590. The van der Waals surface area contributed by atoms with Crippen LogP contribution in [0.2, 0.25) is 0 Å². The third kappa shape index (κ3) is 4.03. The molecule has 0 aliphatic carbocycles. The van der Waals surface area contributed by atoms with Crippen molar-refractivity contribution < 1.29 is 9.59 Å². The smallest absolute Gasteiger partial charge is 0.324 e. The van der Waals surface area contributed by atoms with Crippen LogP contribution in [0.1, 0.15) is 13.8 Å². The van der Waals surface area contributed by atoms with Gasteiger partial charge in [-0.2, -0.15) is 11.8 Å². The summed E-state index contributed by atoms with van der Waals surface area (Å²) in [4.78, 5) is 30.7. The maximum atomic E-state index is 11.5. The Kier molecular flexibility index (Phi) is 4.97. The van der Waals surface area contributed by atoms with E-state index < -0.39 is 0 Å². The Labute approximate surface area is 129 Å². The van der Waals surface area contributed by atoms with Crippen LogP contribution in [0.15, 0.2) is 4.99 Å². The van der Waals surface area contributed by atoms with Gasteiger partial charge in [0.25, 0.3) is 0 Å². The molecular formula is C13H23N5O2S. The van der Waals surface area contributed by atoms with Gasteiger partial charge < -0.3 is 15.5 Å². The summed E-state index contributed by atoms with van der Waals surface area (Å²) >= 11 is 1.97. The molecule has 0 bridgehead atoms. The second kappa shape index (κ2) is 6.55. The number of carbonyl (C=O) groups excluding carboxylic acids is 2. The lowest BCUT2D eigenvalue weighted by atomic mass is 10.2. The van der Waals surface area contributed by atoms with E-state index in [1.54, 1.807) is 7.05 Å². The van der Waals surface area contributed by atoms with Gasteiger partial charge in [-0.15, -0.1) is 0 Å². The van der Waals surface area contributed by atoms with Gasteiger partial charge in [0, 0.05) is 43.7 Å². The van der Waals surface area contributed by atoms with Gasteiger partial charge in [-0.3, -0.25) is 14.7 Å². The molecule has 0 spiro atoms. The second-order valence-electron chi connectivity index (χ2n) is 5.71. The Bertz CT molecular complexity index is 436. The number of rotatable bonds is 3. The van der Waals surface area contributed by atoms with Crippen LogP contribution in [-0.2, 0) is 4.79 Å². The molecule has 21 heavy (non-hydrogen) atoms. The SMILES string of the molecule is CN=C(NCCN1C(=O)CNC1=O)N1CCSC(C)(C)C1. The molecule has 2 aliphatic rings. The molecule has 3 amide bonds. The Balaban J connectivity index is 1.83. The number of guanidine groups is 1. The monoisotopic (exact) mass is 313 g/mol. The standard InChI is InChI=1S/C13H23N5O2S/c1-13(2)9-17(6-7-21-13)11(14-3)15-4-5-18-10(19)8-16-12(18)20/h4-9H2,1-3H3,(H,14,15)(H,16,20). The van der Waals surface area contributed by atoms with Crippen molar-refractivity contribution in [2.75, 3.05) is 45.5 Å². The largest absolute Gasteiger partial charge is 0.354 e. The molecule has 0 aromatic rings. The maximum absolute atomic E-state index is 11.5. The van der Waals surface area contributed by atoms with Gasteiger partial charge in [-0.1, -0.05) is 0 Å². The van der Waals surface area contributed by atoms with Gasteiger partial charge in [-0.25, -0.2) is 4.79 Å². The van der Waals surface area contributed by atoms with Crippen molar-refractivity contribution in [3.63, 3.8) is 0 Å². The average Bonchev–Trinajstić information content (AvgIpc) is 2.74. The molecule has 0 unspecified atom stereocenters.